The van der Waals surface area contributed by atoms with Crippen LogP contribution < -0.4 is 10.6 Å². The van der Waals surface area contributed by atoms with E-state index in [1.165, 1.54) is 0 Å². The van der Waals surface area contributed by atoms with Crippen LogP contribution >= 0.6 is 11.8 Å². The second-order valence-electron chi connectivity index (χ2n) is 5.64. The summed E-state index contributed by atoms with van der Waals surface area (Å²) in [4.78, 5) is 12.4. The van der Waals surface area contributed by atoms with Crippen LogP contribution in [0.25, 0.3) is 0 Å². The second-order valence-corrected chi connectivity index (χ2v) is 6.91. The smallest absolute Gasteiger partial charge is 0.272 e. The highest BCUT2D eigenvalue weighted by molar-refractivity contribution is 8.00. The minimum Gasteiger partial charge on any atom is -0.381 e. The first-order valence-corrected chi connectivity index (χ1v) is 8.64. The van der Waals surface area contributed by atoms with Gasteiger partial charge in [0.15, 0.2) is 5.69 Å². The van der Waals surface area contributed by atoms with Gasteiger partial charge in [-0.15, -0.1) is 0 Å². The fourth-order valence-corrected chi connectivity index (χ4v) is 3.73. The molecule has 21 heavy (non-hydrogen) atoms. The second kappa shape index (κ2) is 6.37. The van der Waals surface area contributed by atoms with Crippen molar-refractivity contribution in [3.05, 3.63) is 17.0 Å². The fourth-order valence-electron chi connectivity index (χ4n) is 2.93. The topological polar surface area (TPSA) is 79.0 Å². The lowest BCUT2D eigenvalue weighted by molar-refractivity contribution is 0.0741. The van der Waals surface area contributed by atoms with E-state index in [-0.39, 0.29) is 10.7 Å². The van der Waals surface area contributed by atoms with Gasteiger partial charge in [-0.2, -0.15) is 16.9 Å². The van der Waals surface area contributed by atoms with Gasteiger partial charge in [0.2, 0.25) is 0 Å². The minimum absolute atomic E-state index is 0.0730. The van der Waals surface area contributed by atoms with Crippen molar-refractivity contribution in [3.8, 4) is 0 Å². The monoisotopic (exact) mass is 310 g/mol. The molecule has 3 rings (SSSR count). The van der Waals surface area contributed by atoms with Gasteiger partial charge in [-0.3, -0.25) is 9.89 Å². The number of rotatable bonds is 4. The van der Waals surface area contributed by atoms with Crippen LogP contribution in [-0.2, 0) is 17.7 Å². The molecule has 0 radical (unpaired) electrons. The number of aromatic amines is 1. The lowest BCUT2D eigenvalue weighted by Gasteiger charge is -2.35. The molecule has 2 aliphatic rings. The maximum atomic E-state index is 12.4. The third kappa shape index (κ3) is 3.09. The summed E-state index contributed by atoms with van der Waals surface area (Å²) < 4.78 is 5.53. The van der Waals surface area contributed by atoms with Crippen LogP contribution in [0, 0.1) is 0 Å². The van der Waals surface area contributed by atoms with Crippen LogP contribution in [0.5, 0.6) is 0 Å². The molecular weight excluding hydrogens is 288 g/mol. The van der Waals surface area contributed by atoms with E-state index >= 15 is 0 Å². The van der Waals surface area contributed by atoms with E-state index < -0.39 is 0 Å². The summed E-state index contributed by atoms with van der Waals surface area (Å²) in [7, 11) is 0. The predicted molar refractivity (Wildman–Crippen MR) is 82.6 cm³/mol. The number of thioether (sulfide) groups is 1. The summed E-state index contributed by atoms with van der Waals surface area (Å²) in [5.74, 6) is -0.0730. The van der Waals surface area contributed by atoms with Crippen molar-refractivity contribution in [1.29, 1.82) is 0 Å². The van der Waals surface area contributed by atoms with Gasteiger partial charge in [0.25, 0.3) is 5.91 Å². The average Bonchev–Trinajstić information content (AvgIpc) is 2.98. The molecule has 0 atom stereocenters. The molecule has 3 heterocycles. The number of amides is 1. The maximum absolute atomic E-state index is 12.4. The third-order valence-electron chi connectivity index (χ3n) is 4.43. The molecule has 0 saturated carbocycles. The summed E-state index contributed by atoms with van der Waals surface area (Å²) in [5, 5.41) is 13.6. The van der Waals surface area contributed by atoms with Gasteiger partial charge in [-0.1, -0.05) is 0 Å². The van der Waals surface area contributed by atoms with Gasteiger partial charge in [0, 0.05) is 55.3 Å². The van der Waals surface area contributed by atoms with Crippen LogP contribution in [-0.4, -0.2) is 53.4 Å². The number of H-pyrrole nitrogens is 1. The van der Waals surface area contributed by atoms with Crippen LogP contribution in [0.15, 0.2) is 0 Å². The van der Waals surface area contributed by atoms with Crippen molar-refractivity contribution in [2.45, 2.75) is 30.6 Å². The van der Waals surface area contributed by atoms with Crippen LogP contribution in [0.4, 0.5) is 0 Å². The molecule has 6 nitrogen and oxygen atoms in total. The summed E-state index contributed by atoms with van der Waals surface area (Å²) in [6.07, 6.45) is 4.98. The van der Waals surface area contributed by atoms with Crippen molar-refractivity contribution in [1.82, 2.24) is 20.8 Å². The molecule has 1 aromatic rings. The van der Waals surface area contributed by atoms with E-state index in [4.69, 9.17) is 4.74 Å². The number of ether oxygens (including phenoxy) is 1. The number of nitrogens with one attached hydrogen (secondary N) is 3. The van der Waals surface area contributed by atoms with Crippen molar-refractivity contribution in [3.63, 3.8) is 0 Å². The molecule has 0 bridgehead atoms. The van der Waals surface area contributed by atoms with Crippen LogP contribution in [0.3, 0.4) is 0 Å². The number of hydrogen-bond acceptors (Lipinski definition) is 5. The zero-order valence-corrected chi connectivity index (χ0v) is 13.1. The van der Waals surface area contributed by atoms with E-state index in [1.54, 1.807) is 0 Å². The molecule has 0 spiro atoms. The van der Waals surface area contributed by atoms with Crippen LogP contribution in [0.1, 0.15) is 34.6 Å². The Labute approximate surface area is 128 Å². The first-order chi connectivity index (χ1) is 10.2. The van der Waals surface area contributed by atoms with Crippen molar-refractivity contribution in [2.75, 3.05) is 32.6 Å². The van der Waals surface area contributed by atoms with E-state index in [0.717, 1.165) is 56.8 Å². The lowest BCUT2D eigenvalue weighted by Crippen LogP contribution is -2.44. The van der Waals surface area contributed by atoms with Crippen molar-refractivity contribution in [2.24, 2.45) is 0 Å². The number of carbonyl (C=O) groups is 1. The molecule has 116 valence electrons. The summed E-state index contributed by atoms with van der Waals surface area (Å²) >= 11 is 1.83. The van der Waals surface area contributed by atoms with Crippen LogP contribution in [0.2, 0.25) is 0 Å². The summed E-state index contributed by atoms with van der Waals surface area (Å²) in [5.41, 5.74) is 2.65. The SMILES string of the molecule is CSC1(CNC(=O)c2n[nH]c3c2CNCC3)CCOCC1. The Bertz CT molecular complexity index is 511. The Morgan fingerprint density at radius 2 is 2.29 bits per heavy atom. The summed E-state index contributed by atoms with van der Waals surface area (Å²) in [6.45, 7) is 3.88. The van der Waals surface area contributed by atoms with E-state index in [2.05, 4.69) is 27.1 Å². The normalized spacial score (nSPS) is 20.8. The highest BCUT2D eigenvalue weighted by atomic mass is 32.2. The maximum Gasteiger partial charge on any atom is 0.272 e. The number of carbonyl (C=O) groups excluding carboxylic acids is 1. The Morgan fingerprint density at radius 3 is 3.05 bits per heavy atom. The van der Waals surface area contributed by atoms with Crippen molar-refractivity contribution >= 4 is 17.7 Å². The molecule has 7 heteroatoms. The Morgan fingerprint density at radius 1 is 1.48 bits per heavy atom. The summed E-state index contributed by atoms with van der Waals surface area (Å²) in [6, 6.07) is 0. The zero-order valence-electron chi connectivity index (χ0n) is 12.3. The standard InChI is InChI=1S/C14H22N4O2S/c1-21-14(3-6-20-7-4-14)9-16-13(19)12-10-8-15-5-2-11(10)17-18-12/h15H,2-9H2,1H3,(H,16,19)(H,17,18). The first-order valence-electron chi connectivity index (χ1n) is 7.42. The molecule has 2 aliphatic heterocycles. The molecule has 0 aromatic carbocycles. The fraction of sp³-hybridized carbons (Fsp3) is 0.714. The van der Waals surface area contributed by atoms with E-state index in [9.17, 15) is 4.79 Å². The molecule has 1 aromatic heterocycles. The Kier molecular flexibility index (Phi) is 4.51. The third-order valence-corrected chi connectivity index (χ3v) is 5.85. The number of nitrogens with zero attached hydrogens (tertiary/aromatic N) is 1. The molecule has 1 fully saturated rings. The first kappa shape index (κ1) is 14.9. The number of fused-ring (bicyclic) bond motifs is 1. The van der Waals surface area contributed by atoms with Gasteiger partial charge in [0.05, 0.1) is 0 Å². The number of hydrogen-bond donors (Lipinski definition) is 3. The highest BCUT2D eigenvalue weighted by Crippen LogP contribution is 2.33. The molecule has 1 saturated heterocycles. The average molecular weight is 310 g/mol. The van der Waals surface area contributed by atoms with E-state index in [0.29, 0.717) is 12.2 Å². The van der Waals surface area contributed by atoms with Crippen molar-refractivity contribution < 1.29 is 9.53 Å². The molecular formula is C14H22N4O2S. The highest BCUT2D eigenvalue weighted by Gasteiger charge is 2.33. The van der Waals surface area contributed by atoms with Gasteiger partial charge in [-0.25, -0.2) is 0 Å². The Balaban J connectivity index is 1.65. The van der Waals surface area contributed by atoms with Gasteiger partial charge >= 0.3 is 0 Å². The minimum atomic E-state index is -0.0730. The van der Waals surface area contributed by atoms with E-state index in [1.807, 2.05) is 11.8 Å². The molecule has 1 amide bonds. The number of aromatic nitrogens is 2. The quantitative estimate of drug-likeness (QED) is 0.763. The molecule has 3 N–H and O–H groups in total. The molecule has 0 aliphatic carbocycles. The predicted octanol–water partition coefficient (Wildman–Crippen LogP) is 0.697. The zero-order chi connectivity index (χ0) is 14.7. The van der Waals surface area contributed by atoms with Gasteiger partial charge in [0.1, 0.15) is 0 Å². The largest absolute Gasteiger partial charge is 0.381 e. The lowest BCUT2D eigenvalue weighted by atomic mass is 9.98. The molecule has 0 unspecified atom stereocenters. The van der Waals surface area contributed by atoms with Gasteiger partial charge in [-0.05, 0) is 19.1 Å². The van der Waals surface area contributed by atoms with Gasteiger partial charge < -0.3 is 15.4 Å². The Hall–Kier alpha value is -1.05.